The number of ether oxygens (including phenoxy) is 1. The maximum Gasteiger partial charge on any atom is 0.490 e. The minimum absolute atomic E-state index is 0.0636. The van der Waals surface area contributed by atoms with E-state index in [9.17, 15) is 33.1 Å². The van der Waals surface area contributed by atoms with E-state index in [1.165, 1.54) is 13.1 Å². The molecule has 224 valence electrons. The first kappa shape index (κ1) is 33.9. The molecule has 9 N–H and O–H groups in total. The van der Waals surface area contributed by atoms with Crippen LogP contribution in [0, 0.1) is 6.92 Å². The molecule has 1 aromatic rings. The molecule has 0 amide bonds. The highest BCUT2D eigenvalue weighted by molar-refractivity contribution is 7.80. The molecule has 1 aliphatic rings. The van der Waals surface area contributed by atoms with Crippen molar-refractivity contribution in [1.29, 1.82) is 0 Å². The zero-order valence-corrected chi connectivity index (χ0v) is 24.2. The Morgan fingerprint density at radius 1 is 1.15 bits per heavy atom. The van der Waals surface area contributed by atoms with Crippen LogP contribution in [0.1, 0.15) is 43.9 Å². The largest absolute Gasteiger partial charge is 0.490 e. The van der Waals surface area contributed by atoms with E-state index in [2.05, 4.69) is 24.2 Å². The van der Waals surface area contributed by atoms with Crippen molar-refractivity contribution in [2.75, 3.05) is 19.7 Å². The molecule has 0 spiro atoms. The Bertz CT molecular complexity index is 1250. The van der Waals surface area contributed by atoms with Crippen LogP contribution < -0.4 is 27.6 Å². The predicted octanol–water partition coefficient (Wildman–Crippen LogP) is -0.172. The molecule has 39 heavy (non-hydrogen) atoms. The van der Waals surface area contributed by atoms with Gasteiger partial charge < -0.3 is 40.7 Å². The molecule has 18 nitrogen and oxygen atoms in total. The number of hydrogen-bond donors (Lipinski definition) is 8. The van der Waals surface area contributed by atoms with E-state index in [0.29, 0.717) is 13.1 Å². The van der Waals surface area contributed by atoms with Gasteiger partial charge in [0.15, 0.2) is 5.11 Å². The summed E-state index contributed by atoms with van der Waals surface area (Å²) in [4.78, 5) is 62.6. The first-order chi connectivity index (χ1) is 18.0. The van der Waals surface area contributed by atoms with Gasteiger partial charge in [0.25, 0.3) is 5.56 Å². The van der Waals surface area contributed by atoms with Crippen LogP contribution in [0.3, 0.4) is 0 Å². The number of phosphoric acid groups is 3. The molecule has 0 radical (unpaired) electrons. The zero-order valence-electron chi connectivity index (χ0n) is 20.7. The third-order valence-electron chi connectivity index (χ3n) is 5.24. The van der Waals surface area contributed by atoms with Gasteiger partial charge in [0, 0.05) is 24.7 Å². The van der Waals surface area contributed by atoms with E-state index in [0.717, 1.165) is 30.3 Å². The van der Waals surface area contributed by atoms with Gasteiger partial charge in [-0.05, 0) is 38.5 Å². The summed E-state index contributed by atoms with van der Waals surface area (Å²) in [6.45, 7) is 1.85. The first-order valence-corrected chi connectivity index (χ1v) is 16.4. The summed E-state index contributed by atoms with van der Waals surface area (Å²) in [5, 5.41) is 6.16. The number of hydrogen-bond acceptors (Lipinski definition) is 11. The summed E-state index contributed by atoms with van der Waals surface area (Å²) in [7, 11) is -16.7. The molecule has 0 aliphatic carbocycles. The highest BCUT2D eigenvalue weighted by Crippen LogP contribution is 2.66. The molecule has 1 fully saturated rings. The second-order valence-corrected chi connectivity index (χ2v) is 13.3. The number of aromatic amines is 1. The fourth-order valence-corrected chi connectivity index (χ4v) is 6.81. The highest BCUT2D eigenvalue weighted by Gasteiger charge is 2.43. The van der Waals surface area contributed by atoms with Crippen molar-refractivity contribution in [2.45, 2.75) is 57.4 Å². The SMILES string of the molecule is Cc1cn([C@H]2C[C@H](NC(=S)NCCCCCCN)[C@@H](COP(=O)(O)OP(=O)(O)OP(=O)(O)O)O2)c(=O)[nH]c1=O. The first-order valence-electron chi connectivity index (χ1n) is 11.5. The maximum atomic E-state index is 12.3. The summed E-state index contributed by atoms with van der Waals surface area (Å²) >= 11 is 5.30. The molecule has 2 rings (SSSR count). The van der Waals surface area contributed by atoms with Crippen molar-refractivity contribution < 1.29 is 51.2 Å². The summed E-state index contributed by atoms with van der Waals surface area (Å²) in [6.07, 6.45) is 2.85. The van der Waals surface area contributed by atoms with Crippen molar-refractivity contribution in [3.8, 4) is 0 Å². The second kappa shape index (κ2) is 14.5. The minimum Gasteiger partial charge on any atom is -0.363 e. The summed E-state index contributed by atoms with van der Waals surface area (Å²) < 4.78 is 53.6. The maximum absolute atomic E-state index is 12.3. The molecule has 1 saturated heterocycles. The average Bonchev–Trinajstić information content (AvgIpc) is 3.17. The smallest absolute Gasteiger partial charge is 0.363 e. The molecule has 2 unspecified atom stereocenters. The number of aryl methyl sites for hydroxylation is 1. The Balaban J connectivity index is 2.11. The van der Waals surface area contributed by atoms with Crippen LogP contribution in [0.25, 0.3) is 0 Å². The molecular weight excluding hydrogens is 607 g/mol. The second-order valence-electron chi connectivity index (χ2n) is 8.44. The van der Waals surface area contributed by atoms with Crippen molar-refractivity contribution in [3.63, 3.8) is 0 Å². The average molecular weight is 639 g/mol. The molecule has 1 aromatic heterocycles. The predicted molar refractivity (Wildman–Crippen MR) is 139 cm³/mol. The van der Waals surface area contributed by atoms with Gasteiger partial charge in [-0.1, -0.05) is 12.8 Å². The van der Waals surface area contributed by atoms with Crippen LogP contribution in [-0.4, -0.2) is 66.1 Å². The van der Waals surface area contributed by atoms with Gasteiger partial charge in [0.05, 0.1) is 12.6 Å². The van der Waals surface area contributed by atoms with E-state index in [1.54, 1.807) is 0 Å². The standard InChI is InChI=1S/C17H32N5O13P3S/c1-11-9-22(17(24)21-15(11)23)14-8-12(20-16(39)19-7-5-3-2-4-6-18)13(33-14)10-32-37(28,29)35-38(30,31)34-36(25,26)27/h9,12-14H,2-8,10,18H2,1H3,(H,28,29)(H,30,31)(H2,19,20,39)(H,21,23,24)(H2,25,26,27)/t12-,13+,14+/m0/s1. The van der Waals surface area contributed by atoms with E-state index in [-0.39, 0.29) is 17.1 Å². The normalized spacial score (nSPS) is 22.7. The monoisotopic (exact) mass is 639 g/mol. The molecule has 0 aromatic carbocycles. The van der Waals surface area contributed by atoms with Gasteiger partial charge in [-0.25, -0.2) is 18.5 Å². The van der Waals surface area contributed by atoms with Gasteiger partial charge in [-0.15, -0.1) is 0 Å². The van der Waals surface area contributed by atoms with Crippen LogP contribution in [0.4, 0.5) is 0 Å². The lowest BCUT2D eigenvalue weighted by molar-refractivity contribution is -0.0277. The van der Waals surface area contributed by atoms with Crippen molar-refractivity contribution in [2.24, 2.45) is 5.73 Å². The number of phosphoric ester groups is 1. The van der Waals surface area contributed by atoms with E-state index >= 15 is 0 Å². The van der Waals surface area contributed by atoms with Crippen LogP contribution in [0.5, 0.6) is 0 Å². The number of aromatic nitrogens is 2. The molecule has 2 heterocycles. The molecule has 5 atom stereocenters. The lowest BCUT2D eigenvalue weighted by Crippen LogP contribution is -2.47. The lowest BCUT2D eigenvalue weighted by atomic mass is 10.1. The van der Waals surface area contributed by atoms with Crippen molar-refractivity contribution >= 4 is 40.8 Å². The lowest BCUT2D eigenvalue weighted by Gasteiger charge is -2.22. The number of rotatable bonds is 15. The van der Waals surface area contributed by atoms with Gasteiger partial charge >= 0.3 is 29.2 Å². The summed E-state index contributed by atoms with van der Waals surface area (Å²) in [6, 6.07) is -0.737. The van der Waals surface area contributed by atoms with Crippen LogP contribution in [0.15, 0.2) is 15.8 Å². The van der Waals surface area contributed by atoms with E-state index in [1.807, 2.05) is 0 Å². The summed E-state index contributed by atoms with van der Waals surface area (Å²) in [5.41, 5.74) is 4.31. The van der Waals surface area contributed by atoms with E-state index < -0.39 is 59.7 Å². The van der Waals surface area contributed by atoms with Gasteiger partial charge in [0.2, 0.25) is 0 Å². The summed E-state index contributed by atoms with van der Waals surface area (Å²) in [5.74, 6) is 0. The molecule has 1 aliphatic heterocycles. The third-order valence-corrected chi connectivity index (χ3v) is 9.31. The Labute approximate surface area is 227 Å². The third kappa shape index (κ3) is 12.0. The van der Waals surface area contributed by atoms with E-state index in [4.69, 9.17) is 37.0 Å². The topological polar surface area (TPSA) is 274 Å². The quantitative estimate of drug-likeness (QED) is 0.0702. The van der Waals surface area contributed by atoms with Crippen LogP contribution in [0.2, 0.25) is 0 Å². The van der Waals surface area contributed by atoms with Gasteiger partial charge in [0.1, 0.15) is 12.3 Å². The van der Waals surface area contributed by atoms with Crippen LogP contribution >= 0.6 is 35.7 Å². The fraction of sp³-hybridized carbons (Fsp3) is 0.706. The van der Waals surface area contributed by atoms with Gasteiger partial charge in [-0.3, -0.25) is 18.9 Å². The number of unbranched alkanes of at least 4 members (excludes halogenated alkanes) is 3. The van der Waals surface area contributed by atoms with Crippen LogP contribution in [-0.2, 0) is 31.6 Å². The number of nitrogens with zero attached hydrogens (tertiary/aromatic N) is 1. The zero-order chi connectivity index (χ0) is 29.4. The van der Waals surface area contributed by atoms with Gasteiger partial charge in [-0.2, -0.15) is 8.62 Å². The molecular formula is C17H32N5O13P3S. The van der Waals surface area contributed by atoms with Crippen molar-refractivity contribution in [1.82, 2.24) is 20.2 Å². The Morgan fingerprint density at radius 2 is 1.82 bits per heavy atom. The minimum atomic E-state index is -5.71. The molecule has 0 bridgehead atoms. The number of thiocarbonyl (C=S) groups is 1. The molecule has 0 saturated carbocycles. The Kier molecular flexibility index (Phi) is 12.6. The fourth-order valence-electron chi connectivity index (χ4n) is 3.52. The number of H-pyrrole nitrogens is 1. The Hall–Kier alpha value is -1.30. The highest BCUT2D eigenvalue weighted by atomic mass is 32.1. The Morgan fingerprint density at radius 3 is 2.46 bits per heavy atom. The number of nitrogens with one attached hydrogen (secondary N) is 3. The van der Waals surface area contributed by atoms with Crippen molar-refractivity contribution in [3.05, 3.63) is 32.6 Å². The molecule has 22 heteroatoms. The number of nitrogens with two attached hydrogens (primary N) is 1.